The van der Waals surface area contributed by atoms with Gasteiger partial charge in [0.2, 0.25) is 5.95 Å². The number of aromatic amines is 1. The molecular formula is C32H28Cl2N6O3. The molecule has 43 heavy (non-hydrogen) atoms. The Bertz CT molecular complexity index is 1930. The first kappa shape index (κ1) is 28.5. The number of amides is 2. The maximum atomic E-state index is 14.1. The molecule has 0 saturated carbocycles. The van der Waals surface area contributed by atoms with Crippen molar-refractivity contribution in [2.45, 2.75) is 32.5 Å². The largest absolute Gasteiger partial charge is 0.361 e. The molecule has 2 aromatic heterocycles. The molecule has 3 aromatic carbocycles. The van der Waals surface area contributed by atoms with Crippen LogP contribution in [0.5, 0.6) is 0 Å². The van der Waals surface area contributed by atoms with Gasteiger partial charge in [0.05, 0.1) is 28.0 Å². The van der Waals surface area contributed by atoms with Gasteiger partial charge in [0.1, 0.15) is 0 Å². The standard InChI is InChI=1S/C32H28Cl2N6O3/c1-18-13-24-28(17-39(18)30(42)20-9-12-25(33)26(34)14-20)38-32(37-16-21-15-36-27-6-4-3-5-23(21)27)40(31(24)43)22-10-7-19(8-11-22)29(41)35-2/h3-12,14-15,18,36H,13,16-17H2,1-2H3,(H,35,41)(H,37,38)/t18-/m1/s1. The van der Waals surface area contributed by atoms with Gasteiger partial charge in [0, 0.05) is 53.4 Å². The van der Waals surface area contributed by atoms with Crippen molar-refractivity contribution in [1.29, 1.82) is 0 Å². The van der Waals surface area contributed by atoms with Crippen molar-refractivity contribution < 1.29 is 9.59 Å². The van der Waals surface area contributed by atoms with Gasteiger partial charge >= 0.3 is 0 Å². The molecular weight excluding hydrogens is 587 g/mol. The molecule has 1 aliphatic rings. The molecule has 9 nitrogen and oxygen atoms in total. The van der Waals surface area contributed by atoms with E-state index in [0.717, 1.165) is 16.5 Å². The lowest BCUT2D eigenvalue weighted by molar-refractivity contribution is 0.0653. The molecule has 0 fully saturated rings. The minimum absolute atomic E-state index is 0.156. The van der Waals surface area contributed by atoms with Crippen LogP contribution in [-0.2, 0) is 19.5 Å². The van der Waals surface area contributed by atoms with Gasteiger partial charge in [0.25, 0.3) is 17.4 Å². The van der Waals surface area contributed by atoms with Crippen molar-refractivity contribution >= 4 is 51.9 Å². The van der Waals surface area contributed by atoms with Crippen molar-refractivity contribution in [1.82, 2.24) is 24.8 Å². The summed E-state index contributed by atoms with van der Waals surface area (Å²) in [6.45, 7) is 2.46. The van der Waals surface area contributed by atoms with Crippen molar-refractivity contribution in [3.8, 4) is 5.69 Å². The number of anilines is 1. The predicted molar refractivity (Wildman–Crippen MR) is 168 cm³/mol. The van der Waals surface area contributed by atoms with Gasteiger partial charge in [-0.05, 0) is 67.4 Å². The number of H-pyrrole nitrogens is 1. The van der Waals surface area contributed by atoms with E-state index in [4.69, 9.17) is 28.2 Å². The zero-order valence-electron chi connectivity index (χ0n) is 23.4. The highest BCUT2D eigenvalue weighted by molar-refractivity contribution is 6.42. The van der Waals surface area contributed by atoms with Gasteiger partial charge in [-0.2, -0.15) is 0 Å². The second kappa shape index (κ2) is 11.6. The Morgan fingerprint density at radius 2 is 1.77 bits per heavy atom. The fraction of sp³-hybridized carbons (Fsp3) is 0.188. The maximum absolute atomic E-state index is 14.1. The average molecular weight is 616 g/mol. The van der Waals surface area contributed by atoms with Crippen LogP contribution in [0, 0.1) is 0 Å². The second-order valence-corrected chi connectivity index (χ2v) is 11.3. The van der Waals surface area contributed by atoms with Gasteiger partial charge < -0.3 is 20.5 Å². The van der Waals surface area contributed by atoms with E-state index in [0.29, 0.717) is 57.0 Å². The number of para-hydroxylation sites is 1. The SMILES string of the molecule is CNC(=O)c1ccc(-n2c(NCc3c[nH]c4ccccc34)nc3c(c2=O)C[C@@H](C)N(C(=O)c2ccc(Cl)c(Cl)c2)C3)cc1. The van der Waals surface area contributed by atoms with E-state index in [9.17, 15) is 14.4 Å². The molecule has 0 saturated heterocycles. The van der Waals surface area contributed by atoms with Crippen LogP contribution in [0.15, 0.2) is 77.7 Å². The lowest BCUT2D eigenvalue weighted by atomic mass is 9.98. The molecule has 6 rings (SSSR count). The zero-order chi connectivity index (χ0) is 30.2. The summed E-state index contributed by atoms with van der Waals surface area (Å²) >= 11 is 12.3. The Labute approximate surface area is 257 Å². The van der Waals surface area contributed by atoms with Gasteiger partial charge in [-0.25, -0.2) is 9.55 Å². The topological polar surface area (TPSA) is 112 Å². The average Bonchev–Trinajstić information content (AvgIpc) is 3.44. The first-order valence-corrected chi connectivity index (χ1v) is 14.5. The molecule has 0 unspecified atom stereocenters. The highest BCUT2D eigenvalue weighted by atomic mass is 35.5. The van der Waals surface area contributed by atoms with Crippen LogP contribution in [0.4, 0.5) is 5.95 Å². The molecule has 5 aromatic rings. The van der Waals surface area contributed by atoms with Gasteiger partial charge in [-0.1, -0.05) is 41.4 Å². The van der Waals surface area contributed by atoms with Crippen molar-refractivity contribution in [3.63, 3.8) is 0 Å². The molecule has 0 bridgehead atoms. The Morgan fingerprint density at radius 1 is 1.02 bits per heavy atom. The molecule has 218 valence electrons. The number of hydrogen-bond acceptors (Lipinski definition) is 5. The predicted octanol–water partition coefficient (Wildman–Crippen LogP) is 5.58. The van der Waals surface area contributed by atoms with Crippen molar-refractivity contribution in [2.75, 3.05) is 12.4 Å². The monoisotopic (exact) mass is 614 g/mol. The van der Waals surface area contributed by atoms with E-state index in [1.54, 1.807) is 54.4 Å². The summed E-state index contributed by atoms with van der Waals surface area (Å²) in [5.41, 5.74) is 4.30. The number of rotatable bonds is 6. The minimum Gasteiger partial charge on any atom is -0.361 e. The summed E-state index contributed by atoms with van der Waals surface area (Å²) in [5.74, 6) is -0.111. The molecule has 1 aliphatic heterocycles. The molecule has 0 radical (unpaired) electrons. The van der Waals surface area contributed by atoms with Crippen molar-refractivity contribution in [3.05, 3.63) is 121 Å². The van der Waals surface area contributed by atoms with E-state index in [2.05, 4.69) is 15.6 Å². The van der Waals surface area contributed by atoms with Gasteiger partial charge in [0.15, 0.2) is 0 Å². The highest BCUT2D eigenvalue weighted by Crippen LogP contribution is 2.28. The third kappa shape index (κ3) is 5.37. The van der Waals surface area contributed by atoms with E-state index >= 15 is 0 Å². The Kier molecular flexibility index (Phi) is 7.68. The number of fused-ring (bicyclic) bond motifs is 2. The molecule has 0 aliphatic carbocycles. The summed E-state index contributed by atoms with van der Waals surface area (Å²) in [4.78, 5) is 49.7. The van der Waals surface area contributed by atoms with Crippen LogP contribution in [0.2, 0.25) is 10.0 Å². The summed E-state index contributed by atoms with van der Waals surface area (Å²) in [6.07, 6.45) is 2.25. The lowest BCUT2D eigenvalue weighted by Crippen LogP contribution is -2.46. The van der Waals surface area contributed by atoms with Crippen LogP contribution < -0.4 is 16.2 Å². The highest BCUT2D eigenvalue weighted by Gasteiger charge is 2.32. The molecule has 11 heteroatoms. The second-order valence-electron chi connectivity index (χ2n) is 10.5. The first-order valence-electron chi connectivity index (χ1n) is 13.8. The third-order valence-electron chi connectivity index (χ3n) is 7.77. The fourth-order valence-corrected chi connectivity index (χ4v) is 5.74. The van der Waals surface area contributed by atoms with E-state index < -0.39 is 0 Å². The number of nitrogens with zero attached hydrogens (tertiary/aromatic N) is 3. The fourth-order valence-electron chi connectivity index (χ4n) is 5.44. The van der Waals surface area contributed by atoms with Crippen LogP contribution in [0.3, 0.4) is 0 Å². The summed E-state index contributed by atoms with van der Waals surface area (Å²) < 4.78 is 1.53. The molecule has 2 amide bonds. The van der Waals surface area contributed by atoms with Gasteiger partial charge in [-0.15, -0.1) is 0 Å². The summed E-state index contributed by atoms with van der Waals surface area (Å²) in [5, 5.41) is 7.70. The number of nitrogens with one attached hydrogen (secondary N) is 3. The number of carbonyl (C=O) groups excluding carboxylic acids is 2. The number of benzene rings is 3. The van der Waals surface area contributed by atoms with Crippen molar-refractivity contribution in [2.24, 2.45) is 0 Å². The normalized spacial score (nSPS) is 14.4. The van der Waals surface area contributed by atoms with E-state index in [-0.39, 0.29) is 30.0 Å². The lowest BCUT2D eigenvalue weighted by Gasteiger charge is -2.34. The van der Waals surface area contributed by atoms with Crippen LogP contribution >= 0.6 is 23.2 Å². The Hall–Kier alpha value is -4.60. The molecule has 3 N–H and O–H groups in total. The van der Waals surface area contributed by atoms with E-state index in [1.807, 2.05) is 37.4 Å². The van der Waals surface area contributed by atoms with Crippen LogP contribution in [-0.4, -0.2) is 44.3 Å². The maximum Gasteiger partial charge on any atom is 0.263 e. The third-order valence-corrected chi connectivity index (χ3v) is 8.51. The number of aromatic nitrogens is 3. The zero-order valence-corrected chi connectivity index (χ0v) is 25.0. The first-order chi connectivity index (χ1) is 20.7. The molecule has 1 atom stereocenters. The number of halogens is 2. The molecule has 0 spiro atoms. The minimum atomic E-state index is -0.266. The van der Waals surface area contributed by atoms with E-state index in [1.165, 1.54) is 4.57 Å². The van der Waals surface area contributed by atoms with Crippen LogP contribution in [0.1, 0.15) is 44.5 Å². The summed E-state index contributed by atoms with van der Waals surface area (Å²) in [6, 6.07) is 19.3. The van der Waals surface area contributed by atoms with Gasteiger partial charge in [-0.3, -0.25) is 14.4 Å². The van der Waals surface area contributed by atoms with Crippen LogP contribution in [0.25, 0.3) is 16.6 Å². The quantitative estimate of drug-likeness (QED) is 0.231. The number of carbonyl (C=O) groups is 2. The summed E-state index contributed by atoms with van der Waals surface area (Å²) in [7, 11) is 1.57. The Morgan fingerprint density at radius 3 is 2.51 bits per heavy atom. The number of hydrogen-bond donors (Lipinski definition) is 3. The molecule has 3 heterocycles. The Balaban J connectivity index is 1.40. The smallest absolute Gasteiger partial charge is 0.263 e.